The number of hydrogen-bond donors (Lipinski definition) is 0. The molecule has 0 aromatic heterocycles. The summed E-state index contributed by atoms with van der Waals surface area (Å²) in [5, 5.41) is 0. The summed E-state index contributed by atoms with van der Waals surface area (Å²) in [5.41, 5.74) is -0.120. The van der Waals surface area contributed by atoms with Gasteiger partial charge in [-0.05, 0) is 30.6 Å². The minimum atomic E-state index is -0.276. The molecule has 1 aliphatic heterocycles. The maximum atomic E-state index is 6.75. The van der Waals surface area contributed by atoms with Crippen molar-refractivity contribution in [3.05, 3.63) is 0 Å². The van der Waals surface area contributed by atoms with Crippen LogP contribution in [-0.4, -0.2) is 17.5 Å². The smallest absolute Gasteiger partial charge is 0.169 e. The Morgan fingerprint density at radius 2 is 1.37 bits per heavy atom. The number of rotatable bonds is 3. The highest BCUT2D eigenvalue weighted by atomic mass is 16.8. The Labute approximate surface area is 119 Å². The van der Waals surface area contributed by atoms with Gasteiger partial charge in [0.25, 0.3) is 0 Å². The molecule has 1 aliphatic carbocycles. The molecular weight excluding hydrogens is 236 g/mol. The molecule has 1 heterocycles. The average molecular weight is 268 g/mol. The molecule has 1 saturated heterocycles. The van der Waals surface area contributed by atoms with Gasteiger partial charge in [-0.1, -0.05) is 48.0 Å². The van der Waals surface area contributed by atoms with Crippen molar-refractivity contribution in [2.45, 2.75) is 91.1 Å². The molecule has 2 heteroatoms. The lowest BCUT2D eigenvalue weighted by Gasteiger charge is -2.42. The normalized spacial score (nSPS) is 29.8. The lowest BCUT2D eigenvalue weighted by atomic mass is 9.73. The van der Waals surface area contributed by atoms with Crippen LogP contribution in [0.5, 0.6) is 0 Å². The molecule has 0 amide bonds. The molecule has 1 saturated carbocycles. The molecule has 0 aromatic rings. The Balaban J connectivity index is 2.34. The summed E-state index contributed by atoms with van der Waals surface area (Å²) < 4.78 is 13.3. The Kier molecular flexibility index (Phi) is 4.32. The first kappa shape index (κ1) is 15.3. The van der Waals surface area contributed by atoms with E-state index < -0.39 is 0 Å². The zero-order chi connectivity index (χ0) is 14.3. The van der Waals surface area contributed by atoms with Crippen LogP contribution in [0.25, 0.3) is 0 Å². The van der Waals surface area contributed by atoms with Crippen molar-refractivity contribution in [3.63, 3.8) is 0 Å². The van der Waals surface area contributed by atoms with Crippen molar-refractivity contribution in [2.24, 2.45) is 17.8 Å². The molecule has 0 N–H and O–H groups in total. The molecule has 0 bridgehead atoms. The monoisotopic (exact) mass is 268 g/mol. The van der Waals surface area contributed by atoms with Gasteiger partial charge in [-0.2, -0.15) is 0 Å². The minimum absolute atomic E-state index is 0.120. The highest BCUT2D eigenvalue weighted by molar-refractivity contribution is 5.03. The van der Waals surface area contributed by atoms with E-state index in [1.165, 1.54) is 19.3 Å². The first-order chi connectivity index (χ1) is 8.84. The second-order valence-corrected chi connectivity index (χ2v) is 7.52. The van der Waals surface area contributed by atoms with Gasteiger partial charge in [0.1, 0.15) is 5.60 Å². The third-order valence-corrected chi connectivity index (χ3v) is 5.17. The molecule has 0 aromatic carbocycles. The van der Waals surface area contributed by atoms with Crippen molar-refractivity contribution >= 4 is 0 Å². The SMILES string of the molecule is CC(C)[C@@H]1OC2(CCCCC2)OC1(C(C)C)C(C)C. The van der Waals surface area contributed by atoms with Gasteiger partial charge in [0, 0.05) is 12.8 Å². The second kappa shape index (κ2) is 5.37. The van der Waals surface area contributed by atoms with Crippen LogP contribution in [0, 0.1) is 17.8 Å². The van der Waals surface area contributed by atoms with E-state index in [0.29, 0.717) is 17.8 Å². The standard InChI is InChI=1S/C17H32O2/c1-12(2)15-17(13(3)4,14(5)6)19-16(18-15)10-8-7-9-11-16/h12-15H,7-11H2,1-6H3/t15-/m0/s1. The van der Waals surface area contributed by atoms with Gasteiger partial charge in [0.05, 0.1) is 6.10 Å². The molecule has 1 atom stereocenters. The van der Waals surface area contributed by atoms with E-state index in [4.69, 9.17) is 9.47 Å². The summed E-state index contributed by atoms with van der Waals surface area (Å²) in [7, 11) is 0. The number of ether oxygens (including phenoxy) is 2. The van der Waals surface area contributed by atoms with E-state index in [1.807, 2.05) is 0 Å². The Morgan fingerprint density at radius 3 is 1.74 bits per heavy atom. The number of hydrogen-bond acceptors (Lipinski definition) is 2. The minimum Gasteiger partial charge on any atom is -0.343 e. The van der Waals surface area contributed by atoms with Crippen molar-refractivity contribution in [2.75, 3.05) is 0 Å². The Bertz CT molecular complexity index is 292. The summed E-state index contributed by atoms with van der Waals surface area (Å²) >= 11 is 0. The maximum Gasteiger partial charge on any atom is 0.169 e. The molecule has 1 spiro atoms. The third kappa shape index (κ3) is 2.47. The van der Waals surface area contributed by atoms with Gasteiger partial charge in [-0.25, -0.2) is 0 Å². The lowest BCUT2D eigenvalue weighted by molar-refractivity contribution is -0.221. The van der Waals surface area contributed by atoms with E-state index in [9.17, 15) is 0 Å². The molecule has 112 valence electrons. The van der Waals surface area contributed by atoms with E-state index in [-0.39, 0.29) is 17.5 Å². The van der Waals surface area contributed by atoms with Gasteiger partial charge < -0.3 is 9.47 Å². The van der Waals surface area contributed by atoms with Gasteiger partial charge in [0.15, 0.2) is 5.79 Å². The molecule has 0 radical (unpaired) electrons. The van der Waals surface area contributed by atoms with Crippen LogP contribution in [0.3, 0.4) is 0 Å². The Morgan fingerprint density at radius 1 is 0.842 bits per heavy atom. The van der Waals surface area contributed by atoms with Gasteiger partial charge in [0.2, 0.25) is 0 Å². The van der Waals surface area contributed by atoms with Crippen molar-refractivity contribution in [1.82, 2.24) is 0 Å². The lowest BCUT2D eigenvalue weighted by Crippen LogP contribution is -2.52. The summed E-state index contributed by atoms with van der Waals surface area (Å²) in [6.45, 7) is 13.7. The Hall–Kier alpha value is -0.0800. The summed E-state index contributed by atoms with van der Waals surface area (Å²) in [6.07, 6.45) is 6.21. The van der Waals surface area contributed by atoms with Crippen LogP contribution in [0.2, 0.25) is 0 Å². The van der Waals surface area contributed by atoms with Gasteiger partial charge in [-0.3, -0.25) is 0 Å². The average Bonchev–Trinajstić information content (AvgIpc) is 2.67. The van der Waals surface area contributed by atoms with Crippen LogP contribution < -0.4 is 0 Å². The second-order valence-electron chi connectivity index (χ2n) is 7.52. The largest absolute Gasteiger partial charge is 0.343 e. The van der Waals surface area contributed by atoms with E-state index >= 15 is 0 Å². The molecule has 2 aliphatic rings. The summed E-state index contributed by atoms with van der Waals surface area (Å²) in [6, 6.07) is 0. The zero-order valence-electron chi connectivity index (χ0n) is 13.7. The highest BCUT2D eigenvalue weighted by Gasteiger charge is 2.60. The van der Waals surface area contributed by atoms with Crippen molar-refractivity contribution in [3.8, 4) is 0 Å². The van der Waals surface area contributed by atoms with E-state index in [0.717, 1.165) is 12.8 Å². The summed E-state index contributed by atoms with van der Waals surface area (Å²) in [5.74, 6) is 1.20. The van der Waals surface area contributed by atoms with E-state index in [2.05, 4.69) is 41.5 Å². The summed E-state index contributed by atoms with van der Waals surface area (Å²) in [4.78, 5) is 0. The van der Waals surface area contributed by atoms with Crippen LogP contribution in [0.15, 0.2) is 0 Å². The quantitative estimate of drug-likeness (QED) is 0.734. The molecule has 2 rings (SSSR count). The molecule has 2 nitrogen and oxygen atoms in total. The predicted octanol–water partition coefficient (Wildman–Crippen LogP) is 4.77. The molecular formula is C17H32O2. The highest BCUT2D eigenvalue weighted by Crippen LogP contribution is 2.52. The topological polar surface area (TPSA) is 18.5 Å². The molecule has 2 fully saturated rings. The van der Waals surface area contributed by atoms with Gasteiger partial charge in [-0.15, -0.1) is 0 Å². The van der Waals surface area contributed by atoms with Crippen molar-refractivity contribution < 1.29 is 9.47 Å². The van der Waals surface area contributed by atoms with E-state index in [1.54, 1.807) is 0 Å². The van der Waals surface area contributed by atoms with Crippen LogP contribution >= 0.6 is 0 Å². The predicted molar refractivity (Wildman–Crippen MR) is 79.0 cm³/mol. The van der Waals surface area contributed by atoms with Crippen LogP contribution in [-0.2, 0) is 9.47 Å². The van der Waals surface area contributed by atoms with Crippen LogP contribution in [0.4, 0.5) is 0 Å². The fourth-order valence-electron chi connectivity index (χ4n) is 4.25. The first-order valence-electron chi connectivity index (χ1n) is 8.22. The fourth-order valence-corrected chi connectivity index (χ4v) is 4.25. The maximum absolute atomic E-state index is 6.75. The zero-order valence-corrected chi connectivity index (χ0v) is 13.7. The first-order valence-corrected chi connectivity index (χ1v) is 8.22. The van der Waals surface area contributed by atoms with Crippen molar-refractivity contribution in [1.29, 1.82) is 0 Å². The molecule has 19 heavy (non-hydrogen) atoms. The van der Waals surface area contributed by atoms with Crippen LogP contribution in [0.1, 0.15) is 73.6 Å². The third-order valence-electron chi connectivity index (χ3n) is 5.17. The molecule has 0 unspecified atom stereocenters. The van der Waals surface area contributed by atoms with Gasteiger partial charge >= 0.3 is 0 Å². The fraction of sp³-hybridized carbons (Fsp3) is 1.00.